The van der Waals surface area contributed by atoms with Crippen LogP contribution in [0.15, 0.2) is 36.5 Å². The average molecular weight is 1140 g/mol. The second kappa shape index (κ2) is 60.0. The molecule has 0 radical (unpaired) electrons. The lowest BCUT2D eigenvalue weighted by atomic mass is 9.90. The van der Waals surface area contributed by atoms with Crippen molar-refractivity contribution in [3.63, 3.8) is 0 Å². The Hall–Kier alpha value is -5.60. The monoisotopic (exact) mass is 1130 g/mol. The van der Waals surface area contributed by atoms with Crippen LogP contribution in [0.5, 0.6) is 0 Å². The molecule has 0 aromatic carbocycles. The highest BCUT2D eigenvalue weighted by molar-refractivity contribution is 5.94. The van der Waals surface area contributed by atoms with E-state index in [1.165, 1.54) is 39.7 Å². The van der Waals surface area contributed by atoms with E-state index in [-0.39, 0.29) is 96.5 Å². The number of allylic oxidation sites excluding steroid dienone is 1. The molecule has 0 aliphatic heterocycles. The maximum Gasteiger partial charge on any atom is 0.333 e. The lowest BCUT2D eigenvalue weighted by Gasteiger charge is -2.18. The summed E-state index contributed by atoms with van der Waals surface area (Å²) in [5, 5.41) is 0. The molecular weight excluding hydrogens is 1030 g/mol. The summed E-state index contributed by atoms with van der Waals surface area (Å²) in [4.78, 5) is 114. The number of esters is 7. The van der Waals surface area contributed by atoms with Crippen molar-refractivity contribution >= 4 is 59.1 Å². The topological polar surface area (TPSA) is 263 Å². The summed E-state index contributed by atoms with van der Waals surface area (Å²) in [6.07, 6.45) is 7.21. The van der Waals surface area contributed by atoms with E-state index in [4.69, 9.17) is 42.6 Å². The number of unbranched alkanes of at least 4 members (excludes halogenated alkanes) is 1. The van der Waals surface area contributed by atoms with Crippen LogP contribution in [0.2, 0.25) is 0 Å². The van der Waals surface area contributed by atoms with E-state index in [2.05, 4.69) is 52.5 Å². The van der Waals surface area contributed by atoms with E-state index >= 15 is 0 Å². The third kappa shape index (κ3) is 64.8. The second-order valence-electron chi connectivity index (χ2n) is 18.2. The van der Waals surface area contributed by atoms with Crippen LogP contribution in [0.4, 0.5) is 0 Å². The van der Waals surface area contributed by atoms with Gasteiger partial charge in [0.2, 0.25) is 0 Å². The van der Waals surface area contributed by atoms with E-state index in [0.29, 0.717) is 36.2 Å². The quantitative estimate of drug-likeness (QED) is 0.0251. The zero-order valence-corrected chi connectivity index (χ0v) is 50.9. The molecule has 0 aromatic heterocycles. The molecule has 0 aromatic rings. The van der Waals surface area contributed by atoms with Gasteiger partial charge in [0, 0.05) is 76.9 Å². The first-order valence-electron chi connectivity index (χ1n) is 26.7. The molecule has 0 rings (SSSR count). The van der Waals surface area contributed by atoms with Crippen molar-refractivity contribution in [3.8, 4) is 0 Å². The number of Topliss-reactive ketones (excluding diaryl/α,β-unsaturated/α-hetero) is 2. The molecule has 20 nitrogen and oxygen atoms in total. The van der Waals surface area contributed by atoms with Crippen LogP contribution in [0.3, 0.4) is 0 Å². The first-order chi connectivity index (χ1) is 36.5. The Bertz CT molecular complexity index is 1680. The Balaban J connectivity index is -0.000000191. The highest BCUT2D eigenvalue weighted by Crippen LogP contribution is 2.21. The highest BCUT2D eigenvalue weighted by Gasteiger charge is 2.28. The van der Waals surface area contributed by atoms with Gasteiger partial charge in [-0.25, -0.2) is 14.4 Å². The molecule has 79 heavy (non-hydrogen) atoms. The first kappa shape index (κ1) is 87.3. The minimum Gasteiger partial charge on any atom is -0.466 e. The molecule has 0 aliphatic carbocycles. The van der Waals surface area contributed by atoms with E-state index in [1.807, 2.05) is 0 Å². The van der Waals surface area contributed by atoms with Crippen molar-refractivity contribution in [2.45, 2.75) is 175 Å². The number of hydrogen-bond acceptors (Lipinski definition) is 20. The summed E-state index contributed by atoms with van der Waals surface area (Å²) in [5.74, 6) is -5.77. The number of carbonyl (C=O) groups is 10. The molecular formula is C59H106O20. The molecule has 0 heterocycles. The fraction of sp³-hybridized carbons (Fsp3) is 0.729. The third-order valence-corrected chi connectivity index (χ3v) is 9.68. The Labute approximate surface area is 475 Å². The summed E-state index contributed by atoms with van der Waals surface area (Å²) < 4.78 is 48.8. The zero-order chi connectivity index (χ0) is 61.6. The number of ketones is 3. The van der Waals surface area contributed by atoms with Gasteiger partial charge in [-0.05, 0) is 100.0 Å². The predicted molar refractivity (Wildman–Crippen MR) is 305 cm³/mol. The largest absolute Gasteiger partial charge is 0.466 e. The van der Waals surface area contributed by atoms with Gasteiger partial charge in [0.05, 0.1) is 76.5 Å². The lowest BCUT2D eigenvalue weighted by molar-refractivity contribution is -0.154. The van der Waals surface area contributed by atoms with Crippen molar-refractivity contribution in [2.24, 2.45) is 29.6 Å². The van der Waals surface area contributed by atoms with E-state index in [9.17, 15) is 47.9 Å². The summed E-state index contributed by atoms with van der Waals surface area (Å²) in [7, 11) is 5.18. The van der Waals surface area contributed by atoms with Crippen molar-refractivity contribution < 1.29 is 95.3 Å². The lowest BCUT2D eigenvalue weighted by Crippen LogP contribution is -2.26. The number of hydrogen-bond donors (Lipinski definition) is 0. The van der Waals surface area contributed by atoms with E-state index in [1.54, 1.807) is 69.8 Å². The maximum atomic E-state index is 12.2. The predicted octanol–water partition coefficient (Wildman–Crippen LogP) is 9.93. The zero-order valence-electron chi connectivity index (χ0n) is 50.9. The Morgan fingerprint density at radius 3 is 1.23 bits per heavy atom. The summed E-state index contributed by atoms with van der Waals surface area (Å²) in [5.41, 5.74) is 0.711. The number of methoxy groups -OCH3 is 3. The first-order valence-corrected chi connectivity index (χ1v) is 26.7. The van der Waals surface area contributed by atoms with Crippen LogP contribution in [0.1, 0.15) is 169 Å². The minimum absolute atomic E-state index is 0. The normalized spacial score (nSPS) is 11.8. The molecule has 0 amide bonds. The van der Waals surface area contributed by atoms with Crippen LogP contribution < -0.4 is 0 Å². The van der Waals surface area contributed by atoms with Gasteiger partial charge in [-0.3, -0.25) is 28.8 Å². The van der Waals surface area contributed by atoms with Gasteiger partial charge >= 0.3 is 41.8 Å². The Morgan fingerprint density at radius 2 is 0.937 bits per heavy atom. The van der Waals surface area contributed by atoms with Gasteiger partial charge in [0.25, 0.3) is 0 Å². The molecule has 5 atom stereocenters. The minimum atomic E-state index is -0.708. The molecule has 462 valence electrons. The van der Waals surface area contributed by atoms with Crippen molar-refractivity contribution in [3.05, 3.63) is 36.5 Å². The van der Waals surface area contributed by atoms with Crippen LogP contribution >= 0.6 is 0 Å². The van der Waals surface area contributed by atoms with Gasteiger partial charge in [-0.1, -0.05) is 68.5 Å². The maximum absolute atomic E-state index is 12.2. The molecule has 0 bridgehead atoms. The molecule has 0 saturated carbocycles. The molecule has 0 fully saturated rings. The molecule has 5 unspecified atom stereocenters. The van der Waals surface area contributed by atoms with E-state index in [0.717, 1.165) is 25.7 Å². The van der Waals surface area contributed by atoms with Gasteiger partial charge < -0.3 is 52.2 Å². The van der Waals surface area contributed by atoms with Crippen LogP contribution in [-0.4, -0.2) is 146 Å². The Kier molecular flexibility index (Phi) is 66.3. The van der Waals surface area contributed by atoms with Gasteiger partial charge in [0.15, 0.2) is 5.78 Å². The van der Waals surface area contributed by atoms with Crippen molar-refractivity contribution in [1.82, 2.24) is 0 Å². The summed E-state index contributed by atoms with van der Waals surface area (Å²) >= 11 is 0. The molecule has 0 spiro atoms. The van der Waals surface area contributed by atoms with Gasteiger partial charge in [0.1, 0.15) is 11.6 Å². The summed E-state index contributed by atoms with van der Waals surface area (Å²) in [6.45, 7) is 36.0. The van der Waals surface area contributed by atoms with E-state index < -0.39 is 65.5 Å². The van der Waals surface area contributed by atoms with Crippen LogP contribution in [-0.2, 0) is 95.3 Å². The number of carbonyl (C=O) groups excluding carboxylic acids is 10. The van der Waals surface area contributed by atoms with Crippen molar-refractivity contribution in [2.75, 3.05) is 80.8 Å². The summed E-state index contributed by atoms with van der Waals surface area (Å²) in [6, 6.07) is 0. The molecule has 20 heteroatoms. The average Bonchev–Trinajstić information content (AvgIpc) is 3.37. The standard InChI is InChI=1S/C25H40O10.C11H16O4.C7H10O3.3C5H12O.CH4/c1-7-32-22(28)15-20(19(6)27)12-16(3)23(29)34-10-9-11-35-24(30)17(4)13-21(14-18(5)26)25(31)33-8-2;1-8(2)10(12)14-6-5-7-15-11(13)9(3)4;1-3-10-7(9)5-4-6(2)8;1-5(2)4-6-3;1-4-5(2)6-3;1-3-4-5-6-2;/h16-17,20-21H,7-15H2,1-6H3;1,3,5-7H2,2,4H3;4-5H,3H2,1-2H3;2*5H,4H2,1-3H3;3-5H2,1-2H3;1H4/b;;5-4+;;;;. The Morgan fingerprint density at radius 1 is 0.494 bits per heavy atom. The van der Waals surface area contributed by atoms with Crippen LogP contribution in [0, 0.1) is 29.6 Å². The molecule has 0 aliphatic rings. The fourth-order valence-electron chi connectivity index (χ4n) is 5.22. The SMILES string of the molecule is C.C=C(C)C(=O)OCCCOC(=O)C(=C)C.CCC(C)OC.CCCCOC.CCOC(=O)/C=C/C(C)=O.CCOC(=O)CC(CC(C)C(=O)OCCCOC(=O)C(C)CC(CC(C)=O)C(=O)OCC)C(C)=O.COCC(C)C. The smallest absolute Gasteiger partial charge is 0.333 e. The molecule has 0 N–H and O–H groups in total. The second-order valence-corrected chi connectivity index (χ2v) is 18.2. The van der Waals surface area contributed by atoms with Crippen molar-refractivity contribution in [1.29, 1.82) is 0 Å². The molecule has 0 saturated heterocycles. The highest BCUT2D eigenvalue weighted by atomic mass is 16.6. The third-order valence-electron chi connectivity index (χ3n) is 9.68. The van der Waals surface area contributed by atoms with Gasteiger partial charge in [-0.2, -0.15) is 0 Å². The number of ether oxygens (including phenoxy) is 10. The fourth-order valence-corrected chi connectivity index (χ4v) is 5.22. The number of rotatable bonds is 34. The van der Waals surface area contributed by atoms with Crippen LogP contribution in [0.25, 0.3) is 0 Å². The van der Waals surface area contributed by atoms with Gasteiger partial charge in [-0.15, -0.1) is 0 Å².